The number of amides is 1. The van der Waals surface area contributed by atoms with Crippen LogP contribution in [0.25, 0.3) is 0 Å². The standard InChI is InChI=1S/C15H25NO3/c1-4-16(10-8-6-5-7-9-10)13(17)11-12(14(18)19)15(11,2)3/h10-12H,4-9H2,1-3H3,(H,18,19)/t11-,12+/m1/s1. The minimum absolute atomic E-state index is 0.0619. The summed E-state index contributed by atoms with van der Waals surface area (Å²) in [5.41, 5.74) is -0.384. The van der Waals surface area contributed by atoms with Crippen molar-refractivity contribution in [3.63, 3.8) is 0 Å². The van der Waals surface area contributed by atoms with Crippen LogP contribution in [0.15, 0.2) is 0 Å². The van der Waals surface area contributed by atoms with E-state index < -0.39 is 11.9 Å². The first kappa shape index (κ1) is 14.4. The highest BCUT2D eigenvalue weighted by molar-refractivity contribution is 5.91. The summed E-state index contributed by atoms with van der Waals surface area (Å²) >= 11 is 0. The highest BCUT2D eigenvalue weighted by atomic mass is 16.4. The number of nitrogens with zero attached hydrogens (tertiary/aromatic N) is 1. The average Bonchev–Trinajstić information content (AvgIpc) is 2.94. The van der Waals surface area contributed by atoms with Crippen LogP contribution in [0.3, 0.4) is 0 Å². The number of carbonyl (C=O) groups is 2. The van der Waals surface area contributed by atoms with Crippen LogP contribution < -0.4 is 0 Å². The second-order valence-corrected chi connectivity index (χ2v) is 6.53. The summed E-state index contributed by atoms with van der Waals surface area (Å²) in [6.45, 7) is 6.48. The summed E-state index contributed by atoms with van der Waals surface area (Å²) in [5, 5.41) is 9.20. The lowest BCUT2D eigenvalue weighted by molar-refractivity contribution is -0.143. The van der Waals surface area contributed by atoms with Crippen LogP contribution >= 0.6 is 0 Å². The number of aliphatic carboxylic acids is 1. The molecule has 0 aromatic heterocycles. The zero-order valence-electron chi connectivity index (χ0n) is 12.2. The molecule has 4 nitrogen and oxygen atoms in total. The fourth-order valence-corrected chi connectivity index (χ4v) is 3.72. The zero-order valence-corrected chi connectivity index (χ0v) is 12.2. The molecule has 0 spiro atoms. The zero-order chi connectivity index (χ0) is 14.2. The first-order chi connectivity index (χ1) is 8.91. The third kappa shape index (κ3) is 2.49. The molecule has 0 aliphatic heterocycles. The Morgan fingerprint density at radius 1 is 1.16 bits per heavy atom. The van der Waals surface area contributed by atoms with Gasteiger partial charge in [0, 0.05) is 12.6 Å². The average molecular weight is 267 g/mol. The predicted octanol–water partition coefficient (Wildman–Crippen LogP) is 2.52. The van der Waals surface area contributed by atoms with Crippen molar-refractivity contribution in [3.8, 4) is 0 Å². The van der Waals surface area contributed by atoms with Gasteiger partial charge in [-0.2, -0.15) is 0 Å². The number of carbonyl (C=O) groups excluding carboxylic acids is 1. The van der Waals surface area contributed by atoms with Crippen LogP contribution in [0.2, 0.25) is 0 Å². The Morgan fingerprint density at radius 3 is 2.16 bits per heavy atom. The van der Waals surface area contributed by atoms with Gasteiger partial charge in [0.25, 0.3) is 0 Å². The van der Waals surface area contributed by atoms with E-state index >= 15 is 0 Å². The van der Waals surface area contributed by atoms with Gasteiger partial charge in [-0.3, -0.25) is 9.59 Å². The molecule has 19 heavy (non-hydrogen) atoms. The maximum atomic E-state index is 12.6. The molecule has 2 rings (SSSR count). The summed E-state index contributed by atoms with van der Waals surface area (Å²) in [7, 11) is 0. The molecular formula is C15H25NO3. The molecule has 108 valence electrons. The number of hydrogen-bond acceptors (Lipinski definition) is 2. The largest absolute Gasteiger partial charge is 0.481 e. The molecule has 1 N–H and O–H groups in total. The van der Waals surface area contributed by atoms with E-state index in [4.69, 9.17) is 0 Å². The van der Waals surface area contributed by atoms with Gasteiger partial charge in [0.15, 0.2) is 0 Å². The Kier molecular flexibility index (Phi) is 3.88. The van der Waals surface area contributed by atoms with Gasteiger partial charge in [-0.05, 0) is 25.2 Å². The van der Waals surface area contributed by atoms with E-state index in [2.05, 4.69) is 0 Å². The number of rotatable bonds is 4. The smallest absolute Gasteiger partial charge is 0.307 e. The highest BCUT2D eigenvalue weighted by Crippen LogP contribution is 2.59. The topological polar surface area (TPSA) is 57.6 Å². The quantitative estimate of drug-likeness (QED) is 0.851. The van der Waals surface area contributed by atoms with Crippen LogP contribution in [0.4, 0.5) is 0 Å². The van der Waals surface area contributed by atoms with Crippen molar-refractivity contribution in [3.05, 3.63) is 0 Å². The Hall–Kier alpha value is -1.06. The summed E-state index contributed by atoms with van der Waals surface area (Å²) in [6, 6.07) is 0.331. The Morgan fingerprint density at radius 2 is 1.74 bits per heavy atom. The second-order valence-electron chi connectivity index (χ2n) is 6.53. The lowest BCUT2D eigenvalue weighted by Gasteiger charge is -2.34. The van der Waals surface area contributed by atoms with Gasteiger partial charge in [-0.1, -0.05) is 33.1 Å². The molecule has 0 saturated heterocycles. The monoisotopic (exact) mass is 267 g/mol. The fraction of sp³-hybridized carbons (Fsp3) is 0.867. The summed E-state index contributed by atoms with van der Waals surface area (Å²) in [6.07, 6.45) is 5.78. The van der Waals surface area contributed by atoms with E-state index in [1.54, 1.807) is 0 Å². The summed E-state index contributed by atoms with van der Waals surface area (Å²) in [4.78, 5) is 25.8. The van der Waals surface area contributed by atoms with Gasteiger partial charge >= 0.3 is 5.97 Å². The summed E-state index contributed by atoms with van der Waals surface area (Å²) < 4.78 is 0. The summed E-state index contributed by atoms with van der Waals surface area (Å²) in [5.74, 6) is -1.60. The van der Waals surface area contributed by atoms with Crippen molar-refractivity contribution in [1.29, 1.82) is 0 Å². The molecule has 2 atom stereocenters. The Labute approximate surface area is 115 Å². The molecule has 0 aromatic rings. The van der Waals surface area contributed by atoms with Gasteiger partial charge in [0.05, 0.1) is 11.8 Å². The molecule has 0 unspecified atom stereocenters. The van der Waals surface area contributed by atoms with E-state index in [-0.39, 0.29) is 17.2 Å². The first-order valence-corrected chi connectivity index (χ1v) is 7.44. The van der Waals surface area contributed by atoms with Crippen molar-refractivity contribution < 1.29 is 14.7 Å². The van der Waals surface area contributed by atoms with Gasteiger partial charge in [-0.25, -0.2) is 0 Å². The van der Waals surface area contributed by atoms with E-state index in [9.17, 15) is 14.7 Å². The Bertz CT molecular complexity index is 372. The van der Waals surface area contributed by atoms with E-state index in [0.29, 0.717) is 12.6 Å². The molecule has 2 aliphatic rings. The number of carboxylic acids is 1. The van der Waals surface area contributed by atoms with Crippen LogP contribution in [-0.2, 0) is 9.59 Å². The van der Waals surface area contributed by atoms with Crippen LogP contribution in [-0.4, -0.2) is 34.5 Å². The van der Waals surface area contributed by atoms with Crippen molar-refractivity contribution in [2.75, 3.05) is 6.54 Å². The molecule has 0 heterocycles. The van der Waals surface area contributed by atoms with Crippen molar-refractivity contribution in [1.82, 2.24) is 4.90 Å². The third-order valence-electron chi connectivity index (χ3n) is 5.00. The van der Waals surface area contributed by atoms with Crippen molar-refractivity contribution >= 4 is 11.9 Å². The van der Waals surface area contributed by atoms with Gasteiger partial charge < -0.3 is 10.0 Å². The molecule has 0 bridgehead atoms. The SMILES string of the molecule is CCN(C(=O)[C@H]1[C@@H](C(=O)O)C1(C)C)C1CCCCC1. The minimum atomic E-state index is -0.831. The molecular weight excluding hydrogens is 242 g/mol. The maximum Gasteiger partial charge on any atom is 0.307 e. The molecule has 2 saturated carbocycles. The van der Waals surface area contributed by atoms with Crippen LogP contribution in [0.1, 0.15) is 52.9 Å². The lowest BCUT2D eigenvalue weighted by atomic mass is 9.93. The predicted molar refractivity (Wildman–Crippen MR) is 72.7 cm³/mol. The van der Waals surface area contributed by atoms with E-state index in [1.807, 2.05) is 25.7 Å². The van der Waals surface area contributed by atoms with E-state index in [0.717, 1.165) is 12.8 Å². The molecule has 0 aromatic carbocycles. The van der Waals surface area contributed by atoms with Crippen molar-refractivity contribution in [2.24, 2.45) is 17.3 Å². The third-order valence-corrected chi connectivity index (χ3v) is 5.00. The molecule has 1 amide bonds. The van der Waals surface area contributed by atoms with Gasteiger partial charge in [0.2, 0.25) is 5.91 Å². The molecule has 4 heteroatoms. The molecule has 2 fully saturated rings. The minimum Gasteiger partial charge on any atom is -0.481 e. The fourth-order valence-electron chi connectivity index (χ4n) is 3.72. The first-order valence-electron chi connectivity index (χ1n) is 7.44. The van der Waals surface area contributed by atoms with Gasteiger partial charge in [-0.15, -0.1) is 0 Å². The van der Waals surface area contributed by atoms with Crippen molar-refractivity contribution in [2.45, 2.75) is 58.9 Å². The number of hydrogen-bond donors (Lipinski definition) is 1. The normalized spacial score (nSPS) is 29.8. The lowest BCUT2D eigenvalue weighted by Crippen LogP contribution is -2.43. The van der Waals surface area contributed by atoms with Gasteiger partial charge in [0.1, 0.15) is 0 Å². The maximum absolute atomic E-state index is 12.6. The number of carboxylic acid groups (broad SMARTS) is 1. The Balaban J connectivity index is 2.07. The van der Waals surface area contributed by atoms with Crippen LogP contribution in [0, 0.1) is 17.3 Å². The van der Waals surface area contributed by atoms with Crippen LogP contribution in [0.5, 0.6) is 0 Å². The molecule has 0 radical (unpaired) electrons. The highest BCUT2D eigenvalue weighted by Gasteiger charge is 2.66. The van der Waals surface area contributed by atoms with E-state index in [1.165, 1.54) is 19.3 Å². The second kappa shape index (κ2) is 5.14. The molecule has 2 aliphatic carbocycles.